The molecule has 2 N–H and O–H groups in total. The monoisotopic (exact) mass is 399 g/mol. The SMILES string of the molecule is CCOc1cc(C(=O)O)c(NC(=O)c2ccc(C(C)C)cc2C(C)C)cc1OC. The van der Waals surface area contributed by atoms with Gasteiger partial charge < -0.3 is 19.9 Å². The molecule has 0 aliphatic carbocycles. The van der Waals surface area contributed by atoms with Gasteiger partial charge in [-0.25, -0.2) is 4.79 Å². The molecule has 1 amide bonds. The Labute approximate surface area is 171 Å². The van der Waals surface area contributed by atoms with Crippen molar-refractivity contribution in [2.24, 2.45) is 0 Å². The Balaban J connectivity index is 2.48. The van der Waals surface area contributed by atoms with Crippen LogP contribution in [0.25, 0.3) is 0 Å². The van der Waals surface area contributed by atoms with Crippen molar-refractivity contribution < 1.29 is 24.2 Å². The molecular weight excluding hydrogens is 370 g/mol. The van der Waals surface area contributed by atoms with Crippen molar-refractivity contribution >= 4 is 17.6 Å². The van der Waals surface area contributed by atoms with Crippen LogP contribution in [-0.4, -0.2) is 30.7 Å². The van der Waals surface area contributed by atoms with Gasteiger partial charge >= 0.3 is 5.97 Å². The Hall–Kier alpha value is -3.02. The van der Waals surface area contributed by atoms with E-state index >= 15 is 0 Å². The lowest BCUT2D eigenvalue weighted by Gasteiger charge is -2.18. The normalized spacial score (nSPS) is 10.9. The Kier molecular flexibility index (Phi) is 7.26. The zero-order valence-corrected chi connectivity index (χ0v) is 17.8. The molecule has 0 aliphatic rings. The third-order valence-corrected chi connectivity index (χ3v) is 4.69. The molecule has 0 fully saturated rings. The van der Waals surface area contributed by atoms with E-state index in [0.29, 0.717) is 29.6 Å². The summed E-state index contributed by atoms with van der Waals surface area (Å²) in [4.78, 5) is 24.8. The first-order valence-electron chi connectivity index (χ1n) is 9.72. The van der Waals surface area contributed by atoms with Gasteiger partial charge in [0.15, 0.2) is 11.5 Å². The fourth-order valence-corrected chi connectivity index (χ4v) is 3.08. The third kappa shape index (κ3) is 5.08. The molecule has 0 saturated carbocycles. The second kappa shape index (κ2) is 9.45. The van der Waals surface area contributed by atoms with Gasteiger partial charge in [-0.05, 0) is 36.0 Å². The molecule has 0 saturated heterocycles. The number of carboxylic acid groups (broad SMARTS) is 1. The average molecular weight is 399 g/mol. The summed E-state index contributed by atoms with van der Waals surface area (Å²) in [5.74, 6) is -0.372. The molecule has 0 aliphatic heterocycles. The Morgan fingerprint density at radius 2 is 1.69 bits per heavy atom. The quantitative estimate of drug-likeness (QED) is 0.630. The highest BCUT2D eigenvalue weighted by molar-refractivity contribution is 6.09. The van der Waals surface area contributed by atoms with Gasteiger partial charge in [0.2, 0.25) is 0 Å². The minimum Gasteiger partial charge on any atom is -0.493 e. The topological polar surface area (TPSA) is 84.9 Å². The molecule has 2 aromatic rings. The van der Waals surface area contributed by atoms with Crippen LogP contribution in [0.4, 0.5) is 5.69 Å². The second-order valence-electron chi connectivity index (χ2n) is 7.40. The Bertz CT molecular complexity index is 902. The third-order valence-electron chi connectivity index (χ3n) is 4.69. The number of benzene rings is 2. The van der Waals surface area contributed by atoms with Crippen LogP contribution in [0.2, 0.25) is 0 Å². The summed E-state index contributed by atoms with van der Waals surface area (Å²) in [5.41, 5.74) is 2.69. The summed E-state index contributed by atoms with van der Waals surface area (Å²) in [6.07, 6.45) is 0. The van der Waals surface area contributed by atoms with Gasteiger partial charge in [0.25, 0.3) is 5.91 Å². The molecule has 6 nitrogen and oxygen atoms in total. The van der Waals surface area contributed by atoms with Crippen molar-refractivity contribution in [3.05, 3.63) is 52.6 Å². The summed E-state index contributed by atoms with van der Waals surface area (Å²) in [6, 6.07) is 8.62. The fourth-order valence-electron chi connectivity index (χ4n) is 3.08. The predicted molar refractivity (Wildman–Crippen MR) is 114 cm³/mol. The maximum absolute atomic E-state index is 13.0. The molecule has 2 rings (SSSR count). The van der Waals surface area contributed by atoms with E-state index in [-0.39, 0.29) is 23.1 Å². The first kappa shape index (κ1) is 22.3. The number of hydrogen-bond acceptors (Lipinski definition) is 4. The minimum absolute atomic E-state index is 0.0625. The molecule has 0 spiro atoms. The predicted octanol–water partition coefficient (Wildman–Crippen LogP) is 5.29. The van der Waals surface area contributed by atoms with Crippen LogP contribution in [0, 0.1) is 0 Å². The standard InChI is InChI=1S/C23H29NO5/c1-7-29-21-11-18(23(26)27)19(12-20(21)28-6)24-22(25)16-9-8-15(13(2)3)10-17(16)14(4)5/h8-14H,7H2,1-6H3,(H,24,25)(H,26,27). The van der Waals surface area contributed by atoms with Crippen molar-refractivity contribution in [2.75, 3.05) is 19.0 Å². The lowest BCUT2D eigenvalue weighted by molar-refractivity contribution is 0.0697. The van der Waals surface area contributed by atoms with Gasteiger partial charge in [0.1, 0.15) is 0 Å². The van der Waals surface area contributed by atoms with Crippen molar-refractivity contribution in [1.29, 1.82) is 0 Å². The molecular formula is C23H29NO5. The maximum atomic E-state index is 13.0. The highest BCUT2D eigenvalue weighted by Gasteiger charge is 2.21. The molecule has 0 bridgehead atoms. The number of carbonyl (C=O) groups is 2. The highest BCUT2D eigenvalue weighted by atomic mass is 16.5. The van der Waals surface area contributed by atoms with Crippen molar-refractivity contribution in [3.63, 3.8) is 0 Å². The number of carbonyl (C=O) groups excluding carboxylic acids is 1. The largest absolute Gasteiger partial charge is 0.493 e. The fraction of sp³-hybridized carbons (Fsp3) is 0.391. The number of rotatable bonds is 8. The van der Waals surface area contributed by atoms with Crippen LogP contribution in [0.3, 0.4) is 0 Å². The van der Waals surface area contributed by atoms with Crippen molar-refractivity contribution in [3.8, 4) is 11.5 Å². The summed E-state index contributed by atoms with van der Waals surface area (Å²) in [6.45, 7) is 10.4. The first-order valence-corrected chi connectivity index (χ1v) is 9.72. The molecule has 0 radical (unpaired) electrons. The number of methoxy groups -OCH3 is 1. The smallest absolute Gasteiger partial charge is 0.337 e. The number of aromatic carboxylic acids is 1. The Morgan fingerprint density at radius 1 is 1.00 bits per heavy atom. The van der Waals surface area contributed by atoms with E-state index in [4.69, 9.17) is 9.47 Å². The average Bonchev–Trinajstić information content (AvgIpc) is 2.67. The molecule has 0 atom stereocenters. The van der Waals surface area contributed by atoms with Crippen molar-refractivity contribution in [1.82, 2.24) is 0 Å². The Morgan fingerprint density at radius 3 is 2.21 bits per heavy atom. The summed E-state index contributed by atoms with van der Waals surface area (Å²) >= 11 is 0. The maximum Gasteiger partial charge on any atom is 0.337 e. The van der Waals surface area contributed by atoms with E-state index < -0.39 is 5.97 Å². The van der Waals surface area contributed by atoms with Crippen LogP contribution in [0.5, 0.6) is 11.5 Å². The van der Waals surface area contributed by atoms with E-state index in [9.17, 15) is 14.7 Å². The first-order chi connectivity index (χ1) is 13.7. The van der Waals surface area contributed by atoms with Crippen molar-refractivity contribution in [2.45, 2.75) is 46.5 Å². The number of amides is 1. The summed E-state index contributed by atoms with van der Waals surface area (Å²) in [5, 5.41) is 12.3. The molecule has 0 aromatic heterocycles. The highest BCUT2D eigenvalue weighted by Crippen LogP contribution is 2.34. The van der Waals surface area contributed by atoms with Gasteiger partial charge in [-0.3, -0.25) is 4.79 Å². The van der Waals surface area contributed by atoms with E-state index in [2.05, 4.69) is 19.2 Å². The number of ether oxygens (including phenoxy) is 2. The van der Waals surface area contributed by atoms with Crippen LogP contribution < -0.4 is 14.8 Å². The zero-order chi connectivity index (χ0) is 21.7. The number of hydrogen-bond donors (Lipinski definition) is 2. The van der Waals surface area contributed by atoms with Crippen LogP contribution >= 0.6 is 0 Å². The molecule has 6 heteroatoms. The molecule has 2 aromatic carbocycles. The summed E-state index contributed by atoms with van der Waals surface area (Å²) in [7, 11) is 1.46. The van der Waals surface area contributed by atoms with Gasteiger partial charge in [-0.2, -0.15) is 0 Å². The number of carboxylic acids is 1. The van der Waals surface area contributed by atoms with Gasteiger partial charge in [0, 0.05) is 17.7 Å². The van der Waals surface area contributed by atoms with E-state index in [1.165, 1.54) is 19.2 Å². The van der Waals surface area contributed by atoms with Gasteiger partial charge in [0.05, 0.1) is 25.0 Å². The molecule has 29 heavy (non-hydrogen) atoms. The van der Waals surface area contributed by atoms with E-state index in [0.717, 1.165) is 11.1 Å². The van der Waals surface area contributed by atoms with E-state index in [1.54, 1.807) is 13.0 Å². The van der Waals surface area contributed by atoms with Gasteiger partial charge in [-0.15, -0.1) is 0 Å². The van der Waals surface area contributed by atoms with Crippen LogP contribution in [-0.2, 0) is 0 Å². The lowest BCUT2D eigenvalue weighted by atomic mass is 9.91. The number of nitrogens with one attached hydrogen (secondary N) is 1. The van der Waals surface area contributed by atoms with Crippen LogP contribution in [0.15, 0.2) is 30.3 Å². The molecule has 0 heterocycles. The molecule has 156 valence electrons. The second-order valence-corrected chi connectivity index (χ2v) is 7.40. The lowest BCUT2D eigenvalue weighted by Crippen LogP contribution is -2.17. The summed E-state index contributed by atoms with van der Waals surface area (Å²) < 4.78 is 10.7. The van der Waals surface area contributed by atoms with E-state index in [1.807, 2.05) is 26.0 Å². The minimum atomic E-state index is -1.16. The molecule has 0 unspecified atom stereocenters. The van der Waals surface area contributed by atoms with Crippen LogP contribution in [0.1, 0.15) is 78.3 Å². The zero-order valence-electron chi connectivity index (χ0n) is 17.8. The number of anilines is 1. The van der Waals surface area contributed by atoms with Gasteiger partial charge in [-0.1, -0.05) is 39.8 Å².